The third-order valence-electron chi connectivity index (χ3n) is 2.26. The fourth-order valence-electron chi connectivity index (χ4n) is 1.42. The Labute approximate surface area is 108 Å². The summed E-state index contributed by atoms with van der Waals surface area (Å²) in [7, 11) is 1.68. The highest BCUT2D eigenvalue weighted by Crippen LogP contribution is 2.29. The first kappa shape index (κ1) is 13.0. The molecular formula is C12H16Br2O. The quantitative estimate of drug-likeness (QED) is 0.740. The van der Waals surface area contributed by atoms with Gasteiger partial charge in [-0.3, -0.25) is 0 Å². The Morgan fingerprint density at radius 1 is 1.33 bits per heavy atom. The van der Waals surface area contributed by atoms with Crippen LogP contribution in [0.4, 0.5) is 0 Å². The molecule has 0 unspecified atom stereocenters. The van der Waals surface area contributed by atoms with Gasteiger partial charge in [0, 0.05) is 5.33 Å². The molecule has 0 spiro atoms. The molecule has 0 aromatic heterocycles. The molecule has 0 aliphatic rings. The Morgan fingerprint density at radius 3 is 2.47 bits per heavy atom. The van der Waals surface area contributed by atoms with Crippen LogP contribution >= 0.6 is 31.9 Å². The topological polar surface area (TPSA) is 9.23 Å². The summed E-state index contributed by atoms with van der Waals surface area (Å²) in [5, 5.41) is 1.00. The summed E-state index contributed by atoms with van der Waals surface area (Å²) in [6, 6.07) is 6.25. The molecule has 1 aromatic carbocycles. The van der Waals surface area contributed by atoms with E-state index in [4.69, 9.17) is 4.74 Å². The molecule has 0 atom stereocenters. The van der Waals surface area contributed by atoms with Crippen molar-refractivity contribution in [1.82, 2.24) is 0 Å². The van der Waals surface area contributed by atoms with Crippen LogP contribution < -0.4 is 4.74 Å². The minimum atomic E-state index is 0.286. The van der Waals surface area contributed by atoms with Gasteiger partial charge in [0.05, 0.1) is 11.6 Å². The van der Waals surface area contributed by atoms with E-state index >= 15 is 0 Å². The molecule has 0 fully saturated rings. The summed E-state index contributed by atoms with van der Waals surface area (Å²) in [6.45, 7) is 4.50. The fraction of sp³-hybridized carbons (Fsp3) is 0.500. The Hall–Kier alpha value is -0.0200. The van der Waals surface area contributed by atoms with Gasteiger partial charge in [0.2, 0.25) is 0 Å². The number of hydrogen-bond acceptors (Lipinski definition) is 1. The zero-order chi connectivity index (χ0) is 11.5. The molecule has 0 aliphatic heterocycles. The second-order valence-electron chi connectivity index (χ2n) is 4.44. The summed E-state index contributed by atoms with van der Waals surface area (Å²) in [5.41, 5.74) is 1.61. The first-order valence-electron chi connectivity index (χ1n) is 4.87. The van der Waals surface area contributed by atoms with Gasteiger partial charge < -0.3 is 4.74 Å². The van der Waals surface area contributed by atoms with Crippen molar-refractivity contribution in [2.45, 2.75) is 20.3 Å². The fourth-order valence-corrected chi connectivity index (χ4v) is 2.21. The van der Waals surface area contributed by atoms with E-state index in [1.54, 1.807) is 7.11 Å². The average Bonchev–Trinajstić information content (AvgIpc) is 2.17. The summed E-state index contributed by atoms with van der Waals surface area (Å²) < 4.78 is 6.22. The van der Waals surface area contributed by atoms with Crippen LogP contribution in [0.25, 0.3) is 0 Å². The van der Waals surface area contributed by atoms with Gasteiger partial charge in [0.15, 0.2) is 0 Å². The van der Waals surface area contributed by atoms with E-state index in [0.717, 1.165) is 22.0 Å². The van der Waals surface area contributed by atoms with Crippen LogP contribution in [0.5, 0.6) is 5.75 Å². The van der Waals surface area contributed by atoms with Gasteiger partial charge in [0.1, 0.15) is 5.75 Å². The van der Waals surface area contributed by atoms with Crippen LogP contribution in [0, 0.1) is 5.41 Å². The molecule has 0 heterocycles. The summed E-state index contributed by atoms with van der Waals surface area (Å²) in [5.74, 6) is 0.885. The molecule has 1 nitrogen and oxygen atoms in total. The monoisotopic (exact) mass is 334 g/mol. The number of alkyl halides is 1. The van der Waals surface area contributed by atoms with Crippen LogP contribution in [0.3, 0.4) is 0 Å². The molecular weight excluding hydrogens is 320 g/mol. The van der Waals surface area contributed by atoms with Gasteiger partial charge in [0.25, 0.3) is 0 Å². The highest BCUT2D eigenvalue weighted by molar-refractivity contribution is 9.10. The predicted octanol–water partition coefficient (Wildman–Crippen LogP) is 4.42. The Kier molecular flexibility index (Phi) is 4.65. The predicted molar refractivity (Wildman–Crippen MR) is 72.0 cm³/mol. The molecule has 15 heavy (non-hydrogen) atoms. The third-order valence-corrected chi connectivity index (χ3v) is 4.40. The molecule has 3 heteroatoms. The average molecular weight is 336 g/mol. The minimum absolute atomic E-state index is 0.286. The number of ether oxygens (including phenoxy) is 1. The van der Waals surface area contributed by atoms with Crippen LogP contribution in [0.15, 0.2) is 22.7 Å². The van der Waals surface area contributed by atoms with E-state index in [-0.39, 0.29) is 5.41 Å². The van der Waals surface area contributed by atoms with Crippen LogP contribution in [-0.4, -0.2) is 12.4 Å². The molecule has 0 bridgehead atoms. The minimum Gasteiger partial charge on any atom is -0.496 e. The Balaban J connectivity index is 2.84. The van der Waals surface area contributed by atoms with Crippen molar-refractivity contribution < 1.29 is 4.74 Å². The lowest BCUT2D eigenvalue weighted by Gasteiger charge is -2.21. The normalized spacial score (nSPS) is 11.5. The van der Waals surface area contributed by atoms with E-state index in [0.29, 0.717) is 0 Å². The third kappa shape index (κ3) is 3.80. The maximum absolute atomic E-state index is 5.20. The Bertz CT molecular complexity index is 334. The lowest BCUT2D eigenvalue weighted by atomic mass is 9.88. The summed E-state index contributed by atoms with van der Waals surface area (Å²) >= 11 is 7.04. The summed E-state index contributed by atoms with van der Waals surface area (Å²) in [4.78, 5) is 0. The second-order valence-corrected chi connectivity index (χ2v) is 5.86. The lowest BCUT2D eigenvalue weighted by molar-refractivity contribution is 0.409. The maximum Gasteiger partial charge on any atom is 0.133 e. The van der Waals surface area contributed by atoms with E-state index in [1.807, 2.05) is 6.07 Å². The number of hydrogen-bond donors (Lipinski definition) is 0. The van der Waals surface area contributed by atoms with Crippen LogP contribution in [0.2, 0.25) is 0 Å². The lowest BCUT2D eigenvalue weighted by Crippen LogP contribution is -2.16. The zero-order valence-electron chi connectivity index (χ0n) is 9.31. The van der Waals surface area contributed by atoms with Crippen molar-refractivity contribution in [2.24, 2.45) is 5.41 Å². The molecule has 0 saturated carbocycles. The van der Waals surface area contributed by atoms with Gasteiger partial charge in [-0.1, -0.05) is 35.8 Å². The molecule has 84 valence electrons. The van der Waals surface area contributed by atoms with Gasteiger partial charge >= 0.3 is 0 Å². The molecule has 0 N–H and O–H groups in total. The largest absolute Gasteiger partial charge is 0.496 e. The molecule has 0 saturated heterocycles. The van der Waals surface area contributed by atoms with Crippen molar-refractivity contribution in [3.63, 3.8) is 0 Å². The number of methoxy groups -OCH3 is 1. The number of rotatable bonds is 4. The van der Waals surface area contributed by atoms with E-state index in [9.17, 15) is 0 Å². The zero-order valence-corrected chi connectivity index (χ0v) is 12.5. The van der Waals surface area contributed by atoms with Crippen molar-refractivity contribution in [3.8, 4) is 5.75 Å². The molecule has 0 aliphatic carbocycles. The van der Waals surface area contributed by atoms with Gasteiger partial charge in [-0.05, 0) is 45.5 Å². The first-order chi connectivity index (χ1) is 6.98. The highest BCUT2D eigenvalue weighted by Gasteiger charge is 2.17. The van der Waals surface area contributed by atoms with Gasteiger partial charge in [-0.2, -0.15) is 0 Å². The van der Waals surface area contributed by atoms with Crippen LogP contribution in [0.1, 0.15) is 19.4 Å². The maximum atomic E-state index is 5.20. The van der Waals surface area contributed by atoms with Crippen LogP contribution in [-0.2, 0) is 6.42 Å². The van der Waals surface area contributed by atoms with Crippen molar-refractivity contribution in [3.05, 3.63) is 28.2 Å². The second kappa shape index (κ2) is 5.35. The van der Waals surface area contributed by atoms with Crippen molar-refractivity contribution in [1.29, 1.82) is 0 Å². The Morgan fingerprint density at radius 2 is 2.00 bits per heavy atom. The van der Waals surface area contributed by atoms with E-state index in [2.05, 4.69) is 57.8 Å². The first-order valence-corrected chi connectivity index (χ1v) is 6.78. The number of benzene rings is 1. The standard InChI is InChI=1S/C12H16Br2O/c1-12(2,8-13)7-9-4-5-11(15-3)10(14)6-9/h4-6H,7-8H2,1-3H3. The van der Waals surface area contributed by atoms with E-state index < -0.39 is 0 Å². The molecule has 1 aromatic rings. The number of halogens is 2. The van der Waals surface area contributed by atoms with Gasteiger partial charge in [-0.25, -0.2) is 0 Å². The highest BCUT2D eigenvalue weighted by atomic mass is 79.9. The molecule has 1 rings (SSSR count). The van der Waals surface area contributed by atoms with Gasteiger partial charge in [-0.15, -0.1) is 0 Å². The summed E-state index contributed by atoms with van der Waals surface area (Å²) in [6.07, 6.45) is 1.06. The SMILES string of the molecule is COc1ccc(CC(C)(C)CBr)cc1Br. The van der Waals surface area contributed by atoms with Crippen molar-refractivity contribution >= 4 is 31.9 Å². The van der Waals surface area contributed by atoms with E-state index in [1.165, 1.54) is 5.56 Å². The molecule has 0 radical (unpaired) electrons. The molecule has 0 amide bonds. The smallest absolute Gasteiger partial charge is 0.133 e. The van der Waals surface area contributed by atoms with Crippen molar-refractivity contribution in [2.75, 3.05) is 12.4 Å².